The second-order valence-corrected chi connectivity index (χ2v) is 2.60. The van der Waals surface area contributed by atoms with Crippen LogP contribution >= 0.6 is 24.4 Å². The summed E-state index contributed by atoms with van der Waals surface area (Å²) in [6, 6.07) is 0. The Balaban J connectivity index is 3.39. The lowest BCUT2D eigenvalue weighted by Gasteiger charge is -2.01. The van der Waals surface area contributed by atoms with Crippen LogP contribution in [0.15, 0.2) is 0 Å². The van der Waals surface area contributed by atoms with Gasteiger partial charge >= 0.3 is 0 Å². The fraction of sp³-hybridized carbons (Fsp3) is 0.600. The van der Waals surface area contributed by atoms with Gasteiger partial charge in [0.05, 0.1) is 4.99 Å². The van der Waals surface area contributed by atoms with Gasteiger partial charge in [-0.2, -0.15) is 0 Å². The van der Waals surface area contributed by atoms with E-state index in [1.807, 2.05) is 6.92 Å². The molecule has 0 heterocycles. The minimum atomic E-state index is 0.258. The predicted molar refractivity (Wildman–Crippen MR) is 47.4 cm³/mol. The van der Waals surface area contributed by atoms with E-state index in [2.05, 4.69) is 17.5 Å². The molecule has 3 N–H and O–H groups in total. The summed E-state index contributed by atoms with van der Waals surface area (Å²) in [4.78, 5) is 0.727. The van der Waals surface area contributed by atoms with Gasteiger partial charge in [0.25, 0.3) is 0 Å². The highest BCUT2D eigenvalue weighted by molar-refractivity contribution is 7.81. The van der Waals surface area contributed by atoms with Crippen LogP contribution in [0.4, 0.5) is 0 Å². The second-order valence-electron chi connectivity index (χ2n) is 1.66. The Kier molecular flexibility index (Phi) is 4.53. The summed E-state index contributed by atoms with van der Waals surface area (Å²) in [5.74, 6) is 0. The van der Waals surface area contributed by atoms with Gasteiger partial charge in [-0.15, -0.1) is 0 Å². The van der Waals surface area contributed by atoms with Gasteiger partial charge in [-0.05, 0) is 25.1 Å². The van der Waals surface area contributed by atoms with E-state index < -0.39 is 0 Å². The highest BCUT2D eigenvalue weighted by Gasteiger charge is 1.92. The zero-order valence-electron chi connectivity index (χ0n) is 5.31. The molecule has 0 aliphatic carbocycles. The van der Waals surface area contributed by atoms with Crippen molar-refractivity contribution in [3.8, 4) is 0 Å². The van der Waals surface area contributed by atoms with Crippen molar-refractivity contribution in [1.29, 1.82) is 0 Å². The Morgan fingerprint density at radius 3 is 2.44 bits per heavy atom. The minimum Gasteiger partial charge on any atom is -0.376 e. The van der Waals surface area contributed by atoms with Crippen LogP contribution in [-0.4, -0.2) is 10.1 Å². The first kappa shape index (κ1) is 8.78. The van der Waals surface area contributed by atoms with Gasteiger partial charge in [-0.3, -0.25) is 0 Å². The van der Waals surface area contributed by atoms with Crippen molar-refractivity contribution in [3.63, 3.8) is 0 Å². The Bertz CT molecular complexity index is 122. The summed E-state index contributed by atoms with van der Waals surface area (Å²) in [5, 5.41) is 2.94. The summed E-state index contributed by atoms with van der Waals surface area (Å²) in [6.45, 7) is 2.05. The molecule has 52 valence electrons. The molecule has 0 aliphatic heterocycles. The molecular weight excluding hydrogens is 152 g/mol. The molecule has 0 rings (SSSR count). The van der Waals surface area contributed by atoms with Crippen LogP contribution in [0.25, 0.3) is 0 Å². The molecular formula is C5H10N2S2. The molecule has 0 aliphatic rings. The molecule has 0 aromatic rings. The average Bonchev–Trinajstić information content (AvgIpc) is 1.63. The maximum Gasteiger partial charge on any atom is 0.168 e. The van der Waals surface area contributed by atoms with Crippen molar-refractivity contribution in [1.82, 2.24) is 5.32 Å². The third-order valence-corrected chi connectivity index (χ3v) is 1.15. The Morgan fingerprint density at radius 1 is 1.56 bits per heavy atom. The molecule has 0 fully saturated rings. The molecule has 0 bridgehead atoms. The Morgan fingerprint density at radius 2 is 2.11 bits per heavy atom. The Labute approximate surface area is 65.8 Å². The smallest absolute Gasteiger partial charge is 0.168 e. The molecule has 0 saturated carbocycles. The molecule has 2 nitrogen and oxygen atoms in total. The van der Waals surface area contributed by atoms with E-state index in [1.54, 1.807) is 0 Å². The zero-order chi connectivity index (χ0) is 7.28. The first-order valence-electron chi connectivity index (χ1n) is 2.76. The maximum absolute atomic E-state index is 5.16. The fourth-order valence-electron chi connectivity index (χ4n) is 0.427. The van der Waals surface area contributed by atoms with E-state index in [-0.39, 0.29) is 5.11 Å². The molecule has 0 aromatic carbocycles. The fourth-order valence-corrected chi connectivity index (χ4v) is 0.929. The van der Waals surface area contributed by atoms with Gasteiger partial charge < -0.3 is 11.1 Å². The van der Waals surface area contributed by atoms with Crippen LogP contribution in [0.5, 0.6) is 0 Å². The first-order chi connectivity index (χ1) is 4.16. The summed E-state index contributed by atoms with van der Waals surface area (Å²) in [5.41, 5.74) is 5.16. The lowest BCUT2D eigenvalue weighted by atomic mass is 10.3. The van der Waals surface area contributed by atoms with Crippen LogP contribution in [-0.2, 0) is 0 Å². The van der Waals surface area contributed by atoms with Crippen molar-refractivity contribution >= 4 is 34.5 Å². The normalized spacial score (nSPS) is 8.56. The predicted octanol–water partition coefficient (Wildman–Crippen LogP) is 0.947. The standard InChI is InChI=1S/C5H10N2S2/c1-2-3-4(8)7-5(6)9/h2-3H2,1H3,(H3,6,7,8,9). The molecule has 0 aromatic heterocycles. The van der Waals surface area contributed by atoms with E-state index in [0.29, 0.717) is 0 Å². The number of nitrogens with two attached hydrogens (primary N) is 1. The van der Waals surface area contributed by atoms with E-state index in [9.17, 15) is 0 Å². The Hall–Kier alpha value is -0.220. The molecule has 0 amide bonds. The van der Waals surface area contributed by atoms with Crippen LogP contribution in [0.1, 0.15) is 19.8 Å². The van der Waals surface area contributed by atoms with Gasteiger partial charge in [-0.1, -0.05) is 19.1 Å². The number of rotatable bonds is 2. The molecule has 0 atom stereocenters. The third kappa shape index (κ3) is 5.65. The van der Waals surface area contributed by atoms with Gasteiger partial charge in [0, 0.05) is 0 Å². The van der Waals surface area contributed by atoms with Crippen molar-refractivity contribution in [2.24, 2.45) is 5.73 Å². The number of hydrogen-bond acceptors (Lipinski definition) is 2. The topological polar surface area (TPSA) is 38.0 Å². The minimum absolute atomic E-state index is 0.258. The van der Waals surface area contributed by atoms with Crippen molar-refractivity contribution < 1.29 is 0 Å². The van der Waals surface area contributed by atoms with Gasteiger partial charge in [0.1, 0.15) is 0 Å². The molecule has 0 unspecified atom stereocenters. The molecule has 4 heteroatoms. The lowest BCUT2D eigenvalue weighted by Crippen LogP contribution is -2.33. The van der Waals surface area contributed by atoms with Gasteiger partial charge in [-0.25, -0.2) is 0 Å². The van der Waals surface area contributed by atoms with E-state index in [0.717, 1.165) is 17.8 Å². The maximum atomic E-state index is 5.16. The van der Waals surface area contributed by atoms with Crippen LogP contribution in [0, 0.1) is 0 Å². The SMILES string of the molecule is CCCC(=S)NC(N)=S. The van der Waals surface area contributed by atoms with Crippen LogP contribution in [0.2, 0.25) is 0 Å². The third-order valence-electron chi connectivity index (χ3n) is 0.740. The van der Waals surface area contributed by atoms with Crippen molar-refractivity contribution in [3.05, 3.63) is 0 Å². The first-order valence-corrected chi connectivity index (χ1v) is 3.57. The highest BCUT2D eigenvalue weighted by Crippen LogP contribution is 1.87. The molecule has 0 spiro atoms. The quantitative estimate of drug-likeness (QED) is 0.593. The zero-order valence-corrected chi connectivity index (χ0v) is 6.94. The van der Waals surface area contributed by atoms with E-state index in [4.69, 9.17) is 18.0 Å². The number of nitrogens with one attached hydrogen (secondary N) is 1. The largest absolute Gasteiger partial charge is 0.376 e. The van der Waals surface area contributed by atoms with Crippen molar-refractivity contribution in [2.75, 3.05) is 0 Å². The van der Waals surface area contributed by atoms with E-state index >= 15 is 0 Å². The van der Waals surface area contributed by atoms with Gasteiger partial charge in [0.2, 0.25) is 0 Å². The van der Waals surface area contributed by atoms with Crippen molar-refractivity contribution in [2.45, 2.75) is 19.8 Å². The number of hydrogen-bond donors (Lipinski definition) is 2. The van der Waals surface area contributed by atoms with Gasteiger partial charge in [0.15, 0.2) is 5.11 Å². The summed E-state index contributed by atoms with van der Waals surface area (Å²) in [6.07, 6.45) is 1.88. The van der Waals surface area contributed by atoms with Crippen LogP contribution < -0.4 is 11.1 Å². The summed E-state index contributed by atoms with van der Waals surface area (Å²) >= 11 is 9.42. The van der Waals surface area contributed by atoms with E-state index in [1.165, 1.54) is 0 Å². The number of thiocarbonyl (C=S) groups is 2. The lowest BCUT2D eigenvalue weighted by molar-refractivity contribution is 0.985. The summed E-state index contributed by atoms with van der Waals surface area (Å²) < 4.78 is 0. The summed E-state index contributed by atoms with van der Waals surface area (Å²) in [7, 11) is 0. The highest BCUT2D eigenvalue weighted by atomic mass is 32.1. The molecule has 0 saturated heterocycles. The molecule has 0 radical (unpaired) electrons. The second kappa shape index (κ2) is 4.64. The molecule has 9 heavy (non-hydrogen) atoms. The average molecular weight is 162 g/mol. The monoisotopic (exact) mass is 162 g/mol. The van der Waals surface area contributed by atoms with Crippen LogP contribution in [0.3, 0.4) is 0 Å².